The fourth-order valence-corrected chi connectivity index (χ4v) is 4.40. The smallest absolute Gasteiger partial charge is 0.217 e. The molecule has 6 heteroatoms. The summed E-state index contributed by atoms with van der Waals surface area (Å²) in [5.41, 5.74) is 8.05. The van der Waals surface area contributed by atoms with E-state index in [1.165, 1.54) is 0 Å². The van der Waals surface area contributed by atoms with Crippen molar-refractivity contribution in [2.45, 2.75) is 58.3 Å². The first-order valence-corrected chi connectivity index (χ1v) is 10.8. The molecule has 0 aliphatic carbocycles. The number of hydrogen-bond donors (Lipinski definition) is 2. The summed E-state index contributed by atoms with van der Waals surface area (Å²) in [7, 11) is 0. The van der Waals surface area contributed by atoms with Gasteiger partial charge in [-0.25, -0.2) is 4.39 Å². The van der Waals surface area contributed by atoms with Crippen LogP contribution in [-0.4, -0.2) is 12.5 Å². The summed E-state index contributed by atoms with van der Waals surface area (Å²) in [4.78, 5) is 11.2. The maximum Gasteiger partial charge on any atom is 0.217 e. The molecule has 2 aromatic carbocycles. The van der Waals surface area contributed by atoms with E-state index in [-0.39, 0.29) is 40.4 Å². The third-order valence-corrected chi connectivity index (χ3v) is 6.21. The van der Waals surface area contributed by atoms with Crippen molar-refractivity contribution >= 4 is 23.2 Å². The van der Waals surface area contributed by atoms with Crippen LogP contribution in [0.25, 0.3) is 0 Å². The summed E-state index contributed by atoms with van der Waals surface area (Å²) in [6.07, 6.45) is 1.68. The topological polar surface area (TPSA) is 64.4 Å². The molecule has 0 bridgehead atoms. The van der Waals surface area contributed by atoms with E-state index in [4.69, 9.17) is 22.1 Å². The predicted octanol–water partition coefficient (Wildman–Crippen LogP) is 6.37. The second-order valence-corrected chi connectivity index (χ2v) is 9.35. The van der Waals surface area contributed by atoms with E-state index in [1.54, 1.807) is 12.1 Å². The maximum absolute atomic E-state index is 15.5. The van der Waals surface area contributed by atoms with Gasteiger partial charge in [-0.05, 0) is 60.1 Å². The van der Waals surface area contributed by atoms with Gasteiger partial charge in [-0.3, -0.25) is 4.79 Å². The standard InChI is InChI=1S/C24H30ClFN2O2/c1-5-15(10-14(2)11-21(27)29)17-7-8-19(25)23(22(17)26)30-16-6-9-20-18(12-16)24(3,4)13-28-20/h6-9,12,14-15,28H,5,10-11,13H2,1-4H3,(H2,27,29)/t14-,15+/m1/s1. The Bertz CT molecular complexity index is 945. The Morgan fingerprint density at radius 2 is 2.07 bits per heavy atom. The largest absolute Gasteiger partial charge is 0.453 e. The Labute approximate surface area is 182 Å². The van der Waals surface area contributed by atoms with Crippen molar-refractivity contribution in [3.05, 3.63) is 52.3 Å². The maximum atomic E-state index is 15.5. The molecule has 1 aliphatic rings. The zero-order valence-corrected chi connectivity index (χ0v) is 18.8. The second-order valence-electron chi connectivity index (χ2n) is 8.94. The number of amides is 1. The number of fused-ring (bicyclic) bond motifs is 1. The molecule has 2 aromatic rings. The molecule has 2 atom stereocenters. The molecule has 0 spiro atoms. The fourth-order valence-electron chi connectivity index (χ4n) is 4.21. The summed E-state index contributed by atoms with van der Waals surface area (Å²) in [6.45, 7) is 9.12. The summed E-state index contributed by atoms with van der Waals surface area (Å²) < 4.78 is 21.4. The monoisotopic (exact) mass is 432 g/mol. The second kappa shape index (κ2) is 8.84. The molecular formula is C24H30ClFN2O2. The van der Waals surface area contributed by atoms with Crippen LogP contribution in [0.15, 0.2) is 30.3 Å². The minimum atomic E-state index is -0.446. The Balaban J connectivity index is 1.89. The lowest BCUT2D eigenvalue weighted by molar-refractivity contribution is -0.118. The van der Waals surface area contributed by atoms with Crippen molar-refractivity contribution in [2.24, 2.45) is 11.7 Å². The number of rotatable bonds is 8. The van der Waals surface area contributed by atoms with Crippen LogP contribution in [0.4, 0.5) is 10.1 Å². The lowest BCUT2D eigenvalue weighted by Gasteiger charge is -2.22. The van der Waals surface area contributed by atoms with Crippen LogP contribution >= 0.6 is 11.6 Å². The van der Waals surface area contributed by atoms with Crippen molar-refractivity contribution in [1.29, 1.82) is 0 Å². The highest BCUT2D eigenvalue weighted by Gasteiger charge is 2.30. The molecule has 0 aromatic heterocycles. The highest BCUT2D eigenvalue weighted by Crippen LogP contribution is 2.42. The van der Waals surface area contributed by atoms with Crippen molar-refractivity contribution < 1.29 is 13.9 Å². The van der Waals surface area contributed by atoms with Crippen LogP contribution in [0.5, 0.6) is 11.5 Å². The van der Waals surface area contributed by atoms with E-state index in [9.17, 15) is 4.79 Å². The number of hydrogen-bond acceptors (Lipinski definition) is 3. The van der Waals surface area contributed by atoms with Gasteiger partial charge in [0, 0.05) is 24.1 Å². The van der Waals surface area contributed by atoms with Gasteiger partial charge in [0.25, 0.3) is 0 Å². The predicted molar refractivity (Wildman–Crippen MR) is 120 cm³/mol. The summed E-state index contributed by atoms with van der Waals surface area (Å²) >= 11 is 6.31. The molecule has 0 saturated heterocycles. The lowest BCUT2D eigenvalue weighted by Crippen LogP contribution is -2.18. The molecule has 0 radical (unpaired) electrons. The van der Waals surface area contributed by atoms with Crippen molar-refractivity contribution in [3.8, 4) is 11.5 Å². The number of nitrogens with two attached hydrogens (primary N) is 1. The Morgan fingerprint density at radius 1 is 1.33 bits per heavy atom. The van der Waals surface area contributed by atoms with Crippen LogP contribution in [0.3, 0.4) is 0 Å². The zero-order valence-electron chi connectivity index (χ0n) is 18.0. The van der Waals surface area contributed by atoms with Gasteiger partial charge in [0.1, 0.15) is 5.75 Å². The van der Waals surface area contributed by atoms with Gasteiger partial charge in [0.05, 0.1) is 5.02 Å². The normalized spacial score (nSPS) is 16.5. The molecular weight excluding hydrogens is 403 g/mol. The molecule has 0 fully saturated rings. The lowest BCUT2D eigenvalue weighted by atomic mass is 9.86. The van der Waals surface area contributed by atoms with E-state index in [2.05, 4.69) is 19.2 Å². The van der Waals surface area contributed by atoms with E-state index < -0.39 is 5.82 Å². The van der Waals surface area contributed by atoms with Gasteiger partial charge >= 0.3 is 0 Å². The molecule has 30 heavy (non-hydrogen) atoms. The molecule has 4 nitrogen and oxygen atoms in total. The minimum absolute atomic E-state index is 0.0250. The average molecular weight is 433 g/mol. The first kappa shape index (κ1) is 22.4. The van der Waals surface area contributed by atoms with Gasteiger partial charge in [0.2, 0.25) is 5.91 Å². The number of carbonyl (C=O) groups is 1. The molecule has 0 unspecified atom stereocenters. The highest BCUT2D eigenvalue weighted by atomic mass is 35.5. The van der Waals surface area contributed by atoms with E-state index >= 15 is 4.39 Å². The van der Waals surface area contributed by atoms with E-state index in [1.807, 2.05) is 32.0 Å². The molecule has 162 valence electrons. The first-order chi connectivity index (χ1) is 14.1. The Kier molecular flexibility index (Phi) is 6.61. The first-order valence-electron chi connectivity index (χ1n) is 10.4. The Morgan fingerprint density at radius 3 is 2.73 bits per heavy atom. The summed E-state index contributed by atoms with van der Waals surface area (Å²) in [6, 6.07) is 9.11. The number of carbonyl (C=O) groups excluding carboxylic acids is 1. The summed E-state index contributed by atoms with van der Waals surface area (Å²) in [5, 5.41) is 3.61. The van der Waals surface area contributed by atoms with Crippen LogP contribution in [-0.2, 0) is 10.2 Å². The SMILES string of the molecule is CC[C@@H](C[C@@H](C)CC(N)=O)c1ccc(Cl)c(Oc2ccc3c(c2)C(C)(C)CN3)c1F. The molecule has 0 saturated carbocycles. The van der Waals surface area contributed by atoms with Crippen LogP contribution < -0.4 is 15.8 Å². The van der Waals surface area contributed by atoms with Gasteiger partial charge < -0.3 is 15.8 Å². The number of halogens is 2. The minimum Gasteiger partial charge on any atom is -0.453 e. The quantitative estimate of drug-likeness (QED) is 0.509. The summed E-state index contributed by atoms with van der Waals surface area (Å²) in [5.74, 6) is -0.177. The molecule has 3 N–H and O–H groups in total. The van der Waals surface area contributed by atoms with Crippen molar-refractivity contribution in [1.82, 2.24) is 0 Å². The van der Waals surface area contributed by atoms with Gasteiger partial charge in [0.15, 0.2) is 11.6 Å². The molecule has 1 amide bonds. The zero-order chi connectivity index (χ0) is 22.1. The van der Waals surface area contributed by atoms with Crippen molar-refractivity contribution in [3.63, 3.8) is 0 Å². The van der Waals surface area contributed by atoms with E-state index in [0.29, 0.717) is 17.7 Å². The number of benzene rings is 2. The van der Waals surface area contributed by atoms with Gasteiger partial charge in [-0.2, -0.15) is 0 Å². The van der Waals surface area contributed by atoms with Crippen molar-refractivity contribution in [2.75, 3.05) is 11.9 Å². The van der Waals surface area contributed by atoms with Gasteiger partial charge in [-0.15, -0.1) is 0 Å². The van der Waals surface area contributed by atoms with Gasteiger partial charge in [-0.1, -0.05) is 45.4 Å². The average Bonchev–Trinajstić information content (AvgIpc) is 2.97. The highest BCUT2D eigenvalue weighted by molar-refractivity contribution is 6.32. The third-order valence-electron chi connectivity index (χ3n) is 5.91. The Hall–Kier alpha value is -2.27. The number of ether oxygens (including phenoxy) is 1. The number of primary amides is 1. The fraction of sp³-hybridized carbons (Fsp3) is 0.458. The molecule has 1 aliphatic heterocycles. The van der Waals surface area contributed by atoms with Crippen LogP contribution in [0, 0.1) is 11.7 Å². The van der Waals surface area contributed by atoms with Crippen LogP contribution in [0.2, 0.25) is 5.02 Å². The molecule has 1 heterocycles. The van der Waals surface area contributed by atoms with Crippen LogP contribution in [0.1, 0.15) is 64.0 Å². The van der Waals surface area contributed by atoms with E-state index in [0.717, 1.165) is 24.2 Å². The molecule has 3 rings (SSSR count). The number of anilines is 1. The number of nitrogens with one attached hydrogen (secondary N) is 1. The third kappa shape index (κ3) is 4.72.